The third-order valence-electron chi connectivity index (χ3n) is 3.58. The van der Waals surface area contributed by atoms with Crippen LogP contribution >= 0.6 is 0 Å². The highest BCUT2D eigenvalue weighted by Gasteiger charge is 2.30. The van der Waals surface area contributed by atoms with E-state index in [1.807, 2.05) is 13.8 Å². The summed E-state index contributed by atoms with van der Waals surface area (Å²) in [7, 11) is 0. The first-order chi connectivity index (χ1) is 6.96. The predicted molar refractivity (Wildman–Crippen MR) is 63.8 cm³/mol. The van der Waals surface area contributed by atoms with Gasteiger partial charge in [-0.1, -0.05) is 13.3 Å². The molecule has 1 rings (SSSR count). The average molecular weight is 214 g/mol. The van der Waals surface area contributed by atoms with E-state index in [0.717, 1.165) is 19.5 Å². The number of nitrogens with two attached hydrogens (primary N) is 1. The van der Waals surface area contributed by atoms with Crippen molar-refractivity contribution in [1.82, 2.24) is 4.90 Å². The van der Waals surface area contributed by atoms with Crippen LogP contribution in [0, 0.1) is 0 Å². The number of aliphatic hydroxyl groups is 1. The maximum atomic E-state index is 10.1. The van der Waals surface area contributed by atoms with E-state index in [1.165, 1.54) is 19.3 Å². The Morgan fingerprint density at radius 1 is 1.53 bits per heavy atom. The Labute approximate surface area is 93.6 Å². The van der Waals surface area contributed by atoms with Crippen molar-refractivity contribution in [2.45, 2.75) is 64.1 Å². The molecule has 3 atom stereocenters. The van der Waals surface area contributed by atoms with Gasteiger partial charge >= 0.3 is 0 Å². The molecule has 0 amide bonds. The van der Waals surface area contributed by atoms with Gasteiger partial charge in [-0.25, -0.2) is 0 Å². The highest BCUT2D eigenvalue weighted by Crippen LogP contribution is 2.22. The fourth-order valence-corrected chi connectivity index (χ4v) is 2.36. The molecule has 0 saturated carbocycles. The molecule has 1 saturated heterocycles. The molecule has 0 bridgehead atoms. The molecular formula is C12H26N2O. The van der Waals surface area contributed by atoms with E-state index in [-0.39, 0.29) is 6.04 Å². The minimum atomic E-state index is -0.565. The topological polar surface area (TPSA) is 49.5 Å². The molecule has 15 heavy (non-hydrogen) atoms. The maximum absolute atomic E-state index is 10.1. The molecule has 0 radical (unpaired) electrons. The standard InChI is InChI=1S/C12H26N2O/c1-4-12(3,15)9-14-8-6-5-7-11(14)10(2)13/h10-11,15H,4-9,13H2,1-3H3. The van der Waals surface area contributed by atoms with Crippen LogP contribution in [0.3, 0.4) is 0 Å². The van der Waals surface area contributed by atoms with Gasteiger partial charge in [0.15, 0.2) is 0 Å². The van der Waals surface area contributed by atoms with E-state index < -0.39 is 5.60 Å². The number of nitrogens with zero attached hydrogens (tertiary/aromatic N) is 1. The van der Waals surface area contributed by atoms with E-state index in [2.05, 4.69) is 11.8 Å². The van der Waals surface area contributed by atoms with Crippen molar-refractivity contribution < 1.29 is 5.11 Å². The van der Waals surface area contributed by atoms with Crippen LogP contribution < -0.4 is 5.73 Å². The number of rotatable bonds is 4. The smallest absolute Gasteiger partial charge is 0.0743 e. The molecule has 0 spiro atoms. The van der Waals surface area contributed by atoms with Crippen LogP contribution in [0.25, 0.3) is 0 Å². The summed E-state index contributed by atoms with van der Waals surface area (Å²) in [5, 5.41) is 10.1. The fraction of sp³-hybridized carbons (Fsp3) is 1.00. The monoisotopic (exact) mass is 214 g/mol. The molecule has 3 unspecified atom stereocenters. The zero-order valence-corrected chi connectivity index (χ0v) is 10.4. The van der Waals surface area contributed by atoms with E-state index in [9.17, 15) is 5.11 Å². The lowest BCUT2D eigenvalue weighted by Crippen LogP contribution is -2.53. The molecule has 3 heteroatoms. The van der Waals surface area contributed by atoms with Crippen molar-refractivity contribution in [2.75, 3.05) is 13.1 Å². The molecule has 90 valence electrons. The van der Waals surface area contributed by atoms with Gasteiger partial charge in [-0.2, -0.15) is 0 Å². The Hall–Kier alpha value is -0.120. The Morgan fingerprint density at radius 2 is 2.20 bits per heavy atom. The van der Waals surface area contributed by atoms with Gasteiger partial charge in [0.25, 0.3) is 0 Å². The van der Waals surface area contributed by atoms with Crippen molar-refractivity contribution in [3.8, 4) is 0 Å². The first-order valence-electron chi connectivity index (χ1n) is 6.18. The number of β-amino-alcohol motifs (C(OH)–C–C–N with tert-alkyl or cyclic N) is 1. The molecule has 3 nitrogen and oxygen atoms in total. The summed E-state index contributed by atoms with van der Waals surface area (Å²) >= 11 is 0. The third-order valence-corrected chi connectivity index (χ3v) is 3.58. The van der Waals surface area contributed by atoms with Crippen molar-refractivity contribution in [2.24, 2.45) is 5.73 Å². The minimum absolute atomic E-state index is 0.206. The zero-order valence-electron chi connectivity index (χ0n) is 10.4. The third kappa shape index (κ3) is 3.74. The number of hydrogen-bond donors (Lipinski definition) is 2. The van der Waals surface area contributed by atoms with Crippen LogP contribution in [-0.4, -0.2) is 40.8 Å². The Bertz CT molecular complexity index is 192. The second kappa shape index (κ2) is 5.28. The molecule has 0 aliphatic carbocycles. The zero-order chi connectivity index (χ0) is 11.5. The lowest BCUT2D eigenvalue weighted by Gasteiger charge is -2.41. The van der Waals surface area contributed by atoms with E-state index in [0.29, 0.717) is 6.04 Å². The van der Waals surface area contributed by atoms with Crippen molar-refractivity contribution in [3.05, 3.63) is 0 Å². The van der Waals surface area contributed by atoms with Crippen LogP contribution in [-0.2, 0) is 0 Å². The summed E-state index contributed by atoms with van der Waals surface area (Å²) in [5.41, 5.74) is 5.43. The van der Waals surface area contributed by atoms with Crippen LogP contribution in [0.15, 0.2) is 0 Å². The Balaban J connectivity index is 2.57. The first-order valence-corrected chi connectivity index (χ1v) is 6.18. The van der Waals surface area contributed by atoms with E-state index >= 15 is 0 Å². The molecular weight excluding hydrogens is 188 g/mol. The normalized spacial score (nSPS) is 29.8. The minimum Gasteiger partial charge on any atom is -0.389 e. The molecule has 1 heterocycles. The fourth-order valence-electron chi connectivity index (χ4n) is 2.36. The quantitative estimate of drug-likeness (QED) is 0.742. The molecule has 3 N–H and O–H groups in total. The lowest BCUT2D eigenvalue weighted by atomic mass is 9.94. The van der Waals surface area contributed by atoms with Gasteiger partial charge in [0.2, 0.25) is 0 Å². The summed E-state index contributed by atoms with van der Waals surface area (Å²) < 4.78 is 0. The van der Waals surface area contributed by atoms with Gasteiger partial charge in [0.05, 0.1) is 5.60 Å². The highest BCUT2D eigenvalue weighted by molar-refractivity contribution is 4.87. The van der Waals surface area contributed by atoms with Crippen LogP contribution in [0.1, 0.15) is 46.5 Å². The molecule has 1 fully saturated rings. The SMILES string of the molecule is CCC(C)(O)CN1CCCCC1C(C)N. The molecule has 0 aromatic heterocycles. The summed E-state index contributed by atoms with van der Waals surface area (Å²) in [6.07, 6.45) is 4.49. The van der Waals surface area contributed by atoms with Crippen molar-refractivity contribution >= 4 is 0 Å². The van der Waals surface area contributed by atoms with Crippen molar-refractivity contribution in [1.29, 1.82) is 0 Å². The molecule has 0 aromatic carbocycles. The average Bonchev–Trinajstić information content (AvgIpc) is 2.18. The molecule has 0 aromatic rings. The van der Waals surface area contributed by atoms with Gasteiger partial charge in [0.1, 0.15) is 0 Å². The highest BCUT2D eigenvalue weighted by atomic mass is 16.3. The van der Waals surface area contributed by atoms with Gasteiger partial charge in [-0.3, -0.25) is 4.90 Å². The lowest BCUT2D eigenvalue weighted by molar-refractivity contribution is -0.00956. The van der Waals surface area contributed by atoms with Crippen molar-refractivity contribution in [3.63, 3.8) is 0 Å². The molecule has 1 aliphatic heterocycles. The van der Waals surface area contributed by atoms with Crippen LogP contribution in [0.2, 0.25) is 0 Å². The Kier molecular flexibility index (Phi) is 4.56. The number of likely N-dealkylation sites (tertiary alicyclic amines) is 1. The summed E-state index contributed by atoms with van der Waals surface area (Å²) in [4.78, 5) is 2.37. The summed E-state index contributed by atoms with van der Waals surface area (Å²) in [5.74, 6) is 0. The Morgan fingerprint density at radius 3 is 2.73 bits per heavy atom. The number of hydrogen-bond acceptors (Lipinski definition) is 3. The second-order valence-electron chi connectivity index (χ2n) is 5.24. The van der Waals surface area contributed by atoms with Crippen LogP contribution in [0.5, 0.6) is 0 Å². The van der Waals surface area contributed by atoms with Gasteiger partial charge in [-0.05, 0) is 39.7 Å². The summed E-state index contributed by atoms with van der Waals surface area (Å²) in [6.45, 7) is 7.87. The maximum Gasteiger partial charge on any atom is 0.0743 e. The van der Waals surface area contributed by atoms with Gasteiger partial charge in [-0.15, -0.1) is 0 Å². The van der Waals surface area contributed by atoms with E-state index in [1.54, 1.807) is 0 Å². The molecule has 1 aliphatic rings. The first kappa shape index (κ1) is 12.9. The second-order valence-corrected chi connectivity index (χ2v) is 5.24. The van der Waals surface area contributed by atoms with Gasteiger partial charge in [0, 0.05) is 18.6 Å². The van der Waals surface area contributed by atoms with E-state index in [4.69, 9.17) is 5.73 Å². The van der Waals surface area contributed by atoms with Crippen LogP contribution in [0.4, 0.5) is 0 Å². The summed E-state index contributed by atoms with van der Waals surface area (Å²) in [6, 6.07) is 0.662. The predicted octanol–water partition coefficient (Wildman–Crippen LogP) is 1.35. The number of piperidine rings is 1. The largest absolute Gasteiger partial charge is 0.389 e. The van der Waals surface area contributed by atoms with Gasteiger partial charge < -0.3 is 10.8 Å².